The minimum absolute atomic E-state index is 0.0114. The summed E-state index contributed by atoms with van der Waals surface area (Å²) in [6.45, 7) is 3.79. The second-order valence-electron chi connectivity index (χ2n) is 4.70. The Labute approximate surface area is 112 Å². The minimum Gasteiger partial charge on any atom is -0.508 e. The summed E-state index contributed by atoms with van der Waals surface area (Å²) in [5.41, 5.74) is 0. The molecule has 0 unspecified atom stereocenters. The summed E-state index contributed by atoms with van der Waals surface area (Å²) < 4.78 is 5.42. The first-order valence-electron chi connectivity index (χ1n) is 6.19. The summed E-state index contributed by atoms with van der Waals surface area (Å²) >= 11 is 0. The van der Waals surface area contributed by atoms with Crippen molar-refractivity contribution in [1.29, 1.82) is 0 Å². The maximum absolute atomic E-state index is 11.5. The summed E-state index contributed by atoms with van der Waals surface area (Å²) in [6.07, 6.45) is 0. The van der Waals surface area contributed by atoms with Crippen molar-refractivity contribution >= 4 is 16.7 Å². The van der Waals surface area contributed by atoms with Gasteiger partial charge in [-0.3, -0.25) is 4.79 Å². The number of ether oxygens (including phenoxy) is 1. The fourth-order valence-corrected chi connectivity index (χ4v) is 1.81. The van der Waals surface area contributed by atoms with Gasteiger partial charge in [0.15, 0.2) is 6.61 Å². The summed E-state index contributed by atoms with van der Waals surface area (Å²) in [7, 11) is 0. The molecule has 0 aliphatic carbocycles. The van der Waals surface area contributed by atoms with Crippen LogP contribution in [0.3, 0.4) is 0 Å². The van der Waals surface area contributed by atoms with Crippen molar-refractivity contribution in [2.75, 3.05) is 6.61 Å². The number of amides is 1. The van der Waals surface area contributed by atoms with Crippen LogP contribution in [0.25, 0.3) is 10.8 Å². The molecule has 0 aliphatic heterocycles. The van der Waals surface area contributed by atoms with Crippen molar-refractivity contribution in [3.63, 3.8) is 0 Å². The average molecular weight is 259 g/mol. The molecule has 0 bridgehead atoms. The molecule has 0 radical (unpaired) electrons. The van der Waals surface area contributed by atoms with Gasteiger partial charge >= 0.3 is 0 Å². The third kappa shape index (κ3) is 3.61. The van der Waals surface area contributed by atoms with Gasteiger partial charge in [0.25, 0.3) is 5.91 Å². The molecule has 0 heterocycles. The molecule has 19 heavy (non-hydrogen) atoms. The Kier molecular flexibility index (Phi) is 3.90. The third-order valence-electron chi connectivity index (χ3n) is 2.61. The Balaban J connectivity index is 2.07. The fourth-order valence-electron chi connectivity index (χ4n) is 1.81. The maximum atomic E-state index is 11.5. The van der Waals surface area contributed by atoms with Crippen molar-refractivity contribution in [2.45, 2.75) is 19.9 Å². The normalized spacial score (nSPS) is 10.7. The molecule has 4 heteroatoms. The van der Waals surface area contributed by atoms with Gasteiger partial charge in [-0.1, -0.05) is 12.1 Å². The van der Waals surface area contributed by atoms with E-state index in [0.717, 1.165) is 10.8 Å². The molecule has 0 spiro atoms. The maximum Gasteiger partial charge on any atom is 0.258 e. The molecule has 4 nitrogen and oxygen atoms in total. The Morgan fingerprint density at radius 1 is 1.21 bits per heavy atom. The van der Waals surface area contributed by atoms with Gasteiger partial charge in [0.1, 0.15) is 11.5 Å². The van der Waals surface area contributed by atoms with E-state index in [4.69, 9.17) is 4.74 Å². The van der Waals surface area contributed by atoms with E-state index in [9.17, 15) is 9.90 Å². The van der Waals surface area contributed by atoms with Gasteiger partial charge in [-0.15, -0.1) is 0 Å². The van der Waals surface area contributed by atoms with E-state index in [0.29, 0.717) is 5.75 Å². The van der Waals surface area contributed by atoms with Gasteiger partial charge in [-0.05, 0) is 48.9 Å². The number of benzene rings is 2. The van der Waals surface area contributed by atoms with Gasteiger partial charge < -0.3 is 15.2 Å². The van der Waals surface area contributed by atoms with Crippen LogP contribution in [0.5, 0.6) is 11.5 Å². The highest BCUT2D eigenvalue weighted by atomic mass is 16.5. The topological polar surface area (TPSA) is 58.6 Å². The smallest absolute Gasteiger partial charge is 0.258 e. The SMILES string of the molecule is CC(C)NC(=O)COc1ccc2ccc(O)cc2c1. The summed E-state index contributed by atoms with van der Waals surface area (Å²) in [5.74, 6) is 0.671. The van der Waals surface area contributed by atoms with Crippen LogP contribution in [0.4, 0.5) is 0 Å². The van der Waals surface area contributed by atoms with Gasteiger partial charge in [0, 0.05) is 6.04 Å². The zero-order valence-electron chi connectivity index (χ0n) is 11.0. The van der Waals surface area contributed by atoms with E-state index < -0.39 is 0 Å². The van der Waals surface area contributed by atoms with Crippen molar-refractivity contribution in [3.05, 3.63) is 36.4 Å². The fraction of sp³-hybridized carbons (Fsp3) is 0.267. The first-order valence-corrected chi connectivity index (χ1v) is 6.19. The lowest BCUT2D eigenvalue weighted by Gasteiger charge is -2.10. The lowest BCUT2D eigenvalue weighted by molar-refractivity contribution is -0.123. The quantitative estimate of drug-likeness (QED) is 0.886. The molecule has 0 saturated carbocycles. The van der Waals surface area contributed by atoms with Crippen LogP contribution in [0.2, 0.25) is 0 Å². The van der Waals surface area contributed by atoms with Gasteiger partial charge in [0.05, 0.1) is 0 Å². The number of phenols is 1. The van der Waals surface area contributed by atoms with Crippen LogP contribution in [0.1, 0.15) is 13.8 Å². The number of fused-ring (bicyclic) bond motifs is 1. The lowest BCUT2D eigenvalue weighted by atomic mass is 10.1. The number of carbonyl (C=O) groups is 1. The van der Waals surface area contributed by atoms with E-state index in [2.05, 4.69) is 5.32 Å². The molecule has 0 aliphatic rings. The third-order valence-corrected chi connectivity index (χ3v) is 2.61. The zero-order valence-corrected chi connectivity index (χ0v) is 11.0. The van der Waals surface area contributed by atoms with E-state index >= 15 is 0 Å². The van der Waals surface area contributed by atoms with E-state index in [1.54, 1.807) is 18.2 Å². The molecule has 2 aromatic carbocycles. The molecule has 100 valence electrons. The van der Waals surface area contributed by atoms with E-state index in [1.807, 2.05) is 32.0 Å². The Morgan fingerprint density at radius 3 is 2.68 bits per heavy atom. The highest BCUT2D eigenvalue weighted by Gasteiger charge is 2.05. The Hall–Kier alpha value is -2.23. The van der Waals surface area contributed by atoms with Crippen molar-refractivity contribution in [3.8, 4) is 11.5 Å². The molecular weight excluding hydrogens is 242 g/mol. The molecule has 0 saturated heterocycles. The molecule has 2 aromatic rings. The Bertz CT molecular complexity index is 593. The first kappa shape index (κ1) is 13.2. The summed E-state index contributed by atoms with van der Waals surface area (Å²) in [5, 5.41) is 14.1. The van der Waals surface area contributed by atoms with Crippen molar-refractivity contribution < 1.29 is 14.6 Å². The predicted molar refractivity (Wildman–Crippen MR) is 74.4 cm³/mol. The highest BCUT2D eigenvalue weighted by Crippen LogP contribution is 2.24. The minimum atomic E-state index is -0.147. The highest BCUT2D eigenvalue weighted by molar-refractivity contribution is 5.85. The second kappa shape index (κ2) is 5.61. The van der Waals surface area contributed by atoms with Crippen LogP contribution in [-0.4, -0.2) is 23.7 Å². The summed E-state index contributed by atoms with van der Waals surface area (Å²) in [6, 6.07) is 10.7. The van der Waals surface area contributed by atoms with Gasteiger partial charge in [-0.25, -0.2) is 0 Å². The molecule has 0 aromatic heterocycles. The number of hydrogen-bond donors (Lipinski definition) is 2. The van der Waals surface area contributed by atoms with Crippen LogP contribution < -0.4 is 10.1 Å². The molecular formula is C15H17NO3. The molecule has 0 fully saturated rings. The van der Waals surface area contributed by atoms with Crippen molar-refractivity contribution in [2.24, 2.45) is 0 Å². The number of phenolic OH excluding ortho intramolecular Hbond substituents is 1. The van der Waals surface area contributed by atoms with Crippen LogP contribution in [0.15, 0.2) is 36.4 Å². The number of carbonyl (C=O) groups excluding carboxylic acids is 1. The van der Waals surface area contributed by atoms with Crippen molar-refractivity contribution in [1.82, 2.24) is 5.32 Å². The lowest BCUT2D eigenvalue weighted by Crippen LogP contribution is -2.34. The second-order valence-corrected chi connectivity index (χ2v) is 4.70. The number of nitrogens with one attached hydrogen (secondary N) is 1. The largest absolute Gasteiger partial charge is 0.508 e. The molecule has 0 atom stereocenters. The number of hydrogen-bond acceptors (Lipinski definition) is 3. The Morgan fingerprint density at radius 2 is 1.95 bits per heavy atom. The summed E-state index contributed by atoms with van der Waals surface area (Å²) in [4.78, 5) is 11.5. The van der Waals surface area contributed by atoms with E-state index in [-0.39, 0.29) is 24.3 Å². The molecule has 2 rings (SSSR count). The van der Waals surface area contributed by atoms with Crippen LogP contribution >= 0.6 is 0 Å². The molecule has 2 N–H and O–H groups in total. The van der Waals surface area contributed by atoms with Crippen LogP contribution in [0, 0.1) is 0 Å². The molecule has 1 amide bonds. The number of rotatable bonds is 4. The van der Waals surface area contributed by atoms with Gasteiger partial charge in [0.2, 0.25) is 0 Å². The number of aromatic hydroxyl groups is 1. The standard InChI is InChI=1S/C15H17NO3/c1-10(2)16-15(18)9-19-14-6-4-11-3-5-13(17)7-12(11)8-14/h3-8,10,17H,9H2,1-2H3,(H,16,18). The van der Waals surface area contributed by atoms with Gasteiger partial charge in [-0.2, -0.15) is 0 Å². The first-order chi connectivity index (χ1) is 9.04. The zero-order chi connectivity index (χ0) is 13.8. The van der Waals surface area contributed by atoms with E-state index in [1.165, 1.54) is 0 Å². The average Bonchev–Trinajstić information content (AvgIpc) is 2.35. The predicted octanol–water partition coefficient (Wildman–Crippen LogP) is 2.45. The van der Waals surface area contributed by atoms with Crippen LogP contribution in [-0.2, 0) is 4.79 Å². The monoisotopic (exact) mass is 259 g/mol.